The minimum absolute atomic E-state index is 0.0275. The average molecular weight is 222 g/mol. The molecule has 0 aromatic carbocycles. The zero-order valence-corrected chi connectivity index (χ0v) is 8.93. The molecule has 6 nitrogen and oxygen atoms in total. The summed E-state index contributed by atoms with van der Waals surface area (Å²) >= 11 is 0. The highest BCUT2D eigenvalue weighted by Crippen LogP contribution is 1.94. The van der Waals surface area contributed by atoms with Crippen molar-refractivity contribution < 1.29 is 4.79 Å². The molecule has 1 N–H and O–H groups in total. The van der Waals surface area contributed by atoms with Gasteiger partial charge in [0, 0.05) is 38.4 Å². The molecule has 1 saturated heterocycles. The fraction of sp³-hybridized carbons (Fsp3) is 0.500. The van der Waals surface area contributed by atoms with Gasteiger partial charge in [-0.2, -0.15) is 5.10 Å². The van der Waals surface area contributed by atoms with Crippen molar-refractivity contribution in [2.24, 2.45) is 0 Å². The molecule has 0 bridgehead atoms. The predicted molar refractivity (Wildman–Crippen MR) is 57.9 cm³/mol. The fourth-order valence-electron chi connectivity index (χ4n) is 1.65. The molecule has 1 aliphatic heterocycles. The molecular formula is C10H14N4O2. The maximum atomic E-state index is 11.8. The second-order valence-corrected chi connectivity index (χ2v) is 3.65. The van der Waals surface area contributed by atoms with Crippen LogP contribution in [0.1, 0.15) is 0 Å². The molecule has 1 aromatic rings. The van der Waals surface area contributed by atoms with Crippen molar-refractivity contribution in [3.63, 3.8) is 0 Å². The Morgan fingerprint density at radius 1 is 1.44 bits per heavy atom. The smallest absolute Gasteiger partial charge is 0.267 e. The Morgan fingerprint density at radius 2 is 2.19 bits per heavy atom. The molecule has 1 aromatic heterocycles. The van der Waals surface area contributed by atoms with Gasteiger partial charge < -0.3 is 10.2 Å². The number of aromatic nitrogens is 2. The van der Waals surface area contributed by atoms with Gasteiger partial charge in [-0.05, 0) is 6.07 Å². The minimum atomic E-state index is -0.244. The molecular weight excluding hydrogens is 208 g/mol. The van der Waals surface area contributed by atoms with E-state index in [9.17, 15) is 9.59 Å². The van der Waals surface area contributed by atoms with E-state index in [-0.39, 0.29) is 18.0 Å². The maximum absolute atomic E-state index is 11.8. The van der Waals surface area contributed by atoms with Gasteiger partial charge >= 0.3 is 0 Å². The van der Waals surface area contributed by atoms with Gasteiger partial charge in [0.1, 0.15) is 6.54 Å². The lowest BCUT2D eigenvalue weighted by molar-refractivity contribution is -0.132. The van der Waals surface area contributed by atoms with Gasteiger partial charge in [-0.1, -0.05) is 0 Å². The lowest BCUT2D eigenvalue weighted by Gasteiger charge is -2.27. The van der Waals surface area contributed by atoms with Crippen LogP contribution in [0.25, 0.3) is 0 Å². The predicted octanol–water partition coefficient (Wildman–Crippen LogP) is -1.32. The van der Waals surface area contributed by atoms with E-state index in [2.05, 4.69) is 10.4 Å². The van der Waals surface area contributed by atoms with E-state index in [4.69, 9.17) is 0 Å². The van der Waals surface area contributed by atoms with Crippen molar-refractivity contribution in [1.29, 1.82) is 0 Å². The summed E-state index contributed by atoms with van der Waals surface area (Å²) in [5.41, 5.74) is -0.244. The van der Waals surface area contributed by atoms with Crippen molar-refractivity contribution in [1.82, 2.24) is 20.0 Å². The number of nitrogens with one attached hydrogen (secondary N) is 1. The lowest BCUT2D eigenvalue weighted by atomic mass is 10.3. The average Bonchev–Trinajstić information content (AvgIpc) is 2.33. The zero-order chi connectivity index (χ0) is 11.4. The first-order valence-corrected chi connectivity index (χ1v) is 5.28. The molecule has 0 radical (unpaired) electrons. The number of nitrogens with zero attached hydrogens (tertiary/aromatic N) is 3. The van der Waals surface area contributed by atoms with Crippen molar-refractivity contribution in [3.8, 4) is 0 Å². The molecule has 16 heavy (non-hydrogen) atoms. The maximum Gasteiger partial charge on any atom is 0.267 e. The number of carbonyl (C=O) groups excluding carboxylic acids is 1. The second kappa shape index (κ2) is 4.89. The van der Waals surface area contributed by atoms with Gasteiger partial charge in [0.05, 0.1) is 0 Å². The van der Waals surface area contributed by atoms with E-state index in [1.165, 1.54) is 16.9 Å². The number of rotatable bonds is 2. The summed E-state index contributed by atoms with van der Waals surface area (Å²) in [5.74, 6) is -0.0534. The largest absolute Gasteiger partial charge is 0.339 e. The molecule has 0 atom stereocenters. The molecule has 86 valence electrons. The van der Waals surface area contributed by atoms with Gasteiger partial charge in [-0.3, -0.25) is 9.59 Å². The van der Waals surface area contributed by atoms with Gasteiger partial charge in [0.15, 0.2) is 0 Å². The number of piperazine rings is 1. The molecule has 0 aliphatic carbocycles. The van der Waals surface area contributed by atoms with Crippen LogP contribution >= 0.6 is 0 Å². The SMILES string of the molecule is O=C(Cn1ncccc1=O)N1CCNCC1. The van der Waals surface area contributed by atoms with Gasteiger partial charge in [0.25, 0.3) is 5.56 Å². The Balaban J connectivity index is 2.01. The first-order valence-electron chi connectivity index (χ1n) is 5.28. The molecule has 1 aliphatic rings. The third-order valence-electron chi connectivity index (χ3n) is 2.54. The minimum Gasteiger partial charge on any atom is -0.339 e. The van der Waals surface area contributed by atoms with Gasteiger partial charge in [-0.25, -0.2) is 4.68 Å². The van der Waals surface area contributed by atoms with Gasteiger partial charge in [0.2, 0.25) is 5.91 Å². The zero-order valence-electron chi connectivity index (χ0n) is 8.93. The Bertz CT molecular complexity index is 423. The fourth-order valence-corrected chi connectivity index (χ4v) is 1.65. The van der Waals surface area contributed by atoms with Crippen LogP contribution in [0.4, 0.5) is 0 Å². The monoisotopic (exact) mass is 222 g/mol. The van der Waals surface area contributed by atoms with Crippen molar-refractivity contribution in [3.05, 3.63) is 28.7 Å². The van der Waals surface area contributed by atoms with Crippen LogP contribution in [0.5, 0.6) is 0 Å². The Labute approximate surface area is 92.9 Å². The summed E-state index contributed by atoms with van der Waals surface area (Å²) < 4.78 is 1.18. The number of amides is 1. The normalized spacial score (nSPS) is 16.1. The molecule has 2 rings (SSSR count). The summed E-state index contributed by atoms with van der Waals surface area (Å²) in [6, 6.07) is 2.96. The Hall–Kier alpha value is -1.69. The molecule has 0 spiro atoms. The molecule has 1 fully saturated rings. The van der Waals surface area contributed by atoms with Crippen LogP contribution in [-0.4, -0.2) is 46.8 Å². The van der Waals surface area contributed by atoms with Crippen molar-refractivity contribution >= 4 is 5.91 Å². The number of hydrogen-bond acceptors (Lipinski definition) is 4. The third-order valence-corrected chi connectivity index (χ3v) is 2.54. The van der Waals surface area contributed by atoms with Crippen molar-refractivity contribution in [2.45, 2.75) is 6.54 Å². The van der Waals surface area contributed by atoms with Crippen molar-refractivity contribution in [2.75, 3.05) is 26.2 Å². The highest BCUT2D eigenvalue weighted by atomic mass is 16.2. The van der Waals surface area contributed by atoms with E-state index in [1.807, 2.05) is 0 Å². The molecule has 1 amide bonds. The molecule has 2 heterocycles. The first kappa shape index (κ1) is 10.8. The summed E-state index contributed by atoms with van der Waals surface area (Å²) in [5, 5.41) is 7.02. The van der Waals surface area contributed by atoms with Gasteiger partial charge in [-0.15, -0.1) is 0 Å². The topological polar surface area (TPSA) is 67.2 Å². The van der Waals surface area contributed by atoms with Crippen LogP contribution in [0.2, 0.25) is 0 Å². The number of hydrogen-bond donors (Lipinski definition) is 1. The van der Waals surface area contributed by atoms with Crippen LogP contribution in [0.15, 0.2) is 23.1 Å². The van der Waals surface area contributed by atoms with E-state index < -0.39 is 0 Å². The lowest BCUT2D eigenvalue weighted by Crippen LogP contribution is -2.48. The van der Waals surface area contributed by atoms with Crippen LogP contribution in [0.3, 0.4) is 0 Å². The third kappa shape index (κ3) is 2.46. The highest BCUT2D eigenvalue weighted by molar-refractivity contribution is 5.76. The van der Waals surface area contributed by atoms with Crippen LogP contribution in [0, 0.1) is 0 Å². The van der Waals surface area contributed by atoms with E-state index >= 15 is 0 Å². The molecule has 6 heteroatoms. The Morgan fingerprint density at radius 3 is 2.88 bits per heavy atom. The van der Waals surface area contributed by atoms with E-state index in [0.29, 0.717) is 13.1 Å². The number of carbonyl (C=O) groups is 1. The summed E-state index contributed by atoms with van der Waals surface area (Å²) in [7, 11) is 0. The Kier molecular flexibility index (Phi) is 3.31. The first-order chi connectivity index (χ1) is 7.77. The molecule has 0 saturated carbocycles. The van der Waals surface area contributed by atoms with E-state index in [0.717, 1.165) is 13.1 Å². The quantitative estimate of drug-likeness (QED) is 0.673. The van der Waals surface area contributed by atoms with Crippen LogP contribution < -0.4 is 10.9 Å². The van der Waals surface area contributed by atoms with Crippen LogP contribution in [-0.2, 0) is 11.3 Å². The summed E-state index contributed by atoms with van der Waals surface area (Å²) in [6.07, 6.45) is 1.51. The highest BCUT2D eigenvalue weighted by Gasteiger charge is 2.16. The van der Waals surface area contributed by atoms with E-state index in [1.54, 1.807) is 11.0 Å². The summed E-state index contributed by atoms with van der Waals surface area (Å²) in [6.45, 7) is 3.03. The second-order valence-electron chi connectivity index (χ2n) is 3.65. The standard InChI is InChI=1S/C10H14N4O2/c15-9-2-1-3-12-14(9)8-10(16)13-6-4-11-5-7-13/h1-3,11H,4-8H2. The molecule has 0 unspecified atom stereocenters. The summed E-state index contributed by atoms with van der Waals surface area (Å²) in [4.78, 5) is 24.9.